The van der Waals surface area contributed by atoms with Crippen molar-refractivity contribution in [2.45, 2.75) is 249 Å². The molecule has 1 aliphatic heterocycles. The molecule has 0 aromatic carbocycles. The quantitative estimate of drug-likeness (QED) is 0.0261. The highest BCUT2D eigenvalue weighted by atomic mass is 16.7. The molecule has 0 aromatic heterocycles. The van der Waals surface area contributed by atoms with E-state index in [4.69, 9.17) is 9.47 Å². The predicted molar refractivity (Wildman–Crippen MR) is 290 cm³/mol. The van der Waals surface area contributed by atoms with Crippen molar-refractivity contribution in [3.05, 3.63) is 109 Å². The van der Waals surface area contributed by atoms with Crippen LogP contribution < -0.4 is 5.32 Å². The van der Waals surface area contributed by atoms with Crippen molar-refractivity contribution in [1.82, 2.24) is 5.32 Å². The number of ether oxygens (including phenoxy) is 2. The van der Waals surface area contributed by atoms with Gasteiger partial charge in [0, 0.05) is 6.42 Å². The van der Waals surface area contributed by atoms with Crippen LogP contribution in [0.4, 0.5) is 0 Å². The van der Waals surface area contributed by atoms with Crippen LogP contribution in [0.25, 0.3) is 0 Å². The van der Waals surface area contributed by atoms with Crippen LogP contribution in [0.15, 0.2) is 109 Å². The lowest BCUT2D eigenvalue weighted by Gasteiger charge is -2.40. The number of allylic oxidation sites excluding steroid dienone is 17. The minimum absolute atomic E-state index is 0.187. The van der Waals surface area contributed by atoms with Gasteiger partial charge in [0.2, 0.25) is 5.91 Å². The lowest BCUT2D eigenvalue weighted by Crippen LogP contribution is -2.60. The molecule has 9 heteroatoms. The molecule has 1 rings (SSSR count). The highest BCUT2D eigenvalue weighted by Crippen LogP contribution is 2.23. The zero-order valence-corrected chi connectivity index (χ0v) is 43.5. The van der Waals surface area contributed by atoms with Crippen LogP contribution in [0.5, 0.6) is 0 Å². The highest BCUT2D eigenvalue weighted by Gasteiger charge is 2.44. The first kappa shape index (κ1) is 63.9. The van der Waals surface area contributed by atoms with Gasteiger partial charge in [0.05, 0.1) is 25.4 Å². The largest absolute Gasteiger partial charge is 0.394 e. The minimum atomic E-state index is -1.57. The molecule has 9 nitrogen and oxygen atoms in total. The molecule has 0 aliphatic carbocycles. The normalized spacial score (nSPS) is 20.4. The Kier molecular flexibility index (Phi) is 44.9. The van der Waals surface area contributed by atoms with Gasteiger partial charge in [0.15, 0.2) is 6.29 Å². The van der Waals surface area contributed by atoms with Crippen LogP contribution >= 0.6 is 0 Å². The maximum atomic E-state index is 13.0. The first-order valence-electron chi connectivity index (χ1n) is 27.6. The van der Waals surface area contributed by atoms with Crippen molar-refractivity contribution in [2.24, 2.45) is 0 Å². The molecule has 1 fully saturated rings. The van der Waals surface area contributed by atoms with E-state index in [2.05, 4.69) is 116 Å². The number of carbonyl (C=O) groups excluding carboxylic acids is 1. The fourth-order valence-corrected chi connectivity index (χ4v) is 7.99. The Morgan fingerprint density at radius 1 is 0.507 bits per heavy atom. The second-order valence-electron chi connectivity index (χ2n) is 18.6. The third-order valence-electron chi connectivity index (χ3n) is 12.4. The van der Waals surface area contributed by atoms with Gasteiger partial charge >= 0.3 is 0 Å². The zero-order chi connectivity index (χ0) is 50.1. The third-order valence-corrected chi connectivity index (χ3v) is 12.4. The molecule has 7 atom stereocenters. The number of unbranched alkanes of at least 4 members (excludes halogenated alkanes) is 19. The fraction of sp³-hybridized carbons (Fsp3) is 0.683. The van der Waals surface area contributed by atoms with E-state index < -0.39 is 49.5 Å². The predicted octanol–water partition coefficient (Wildman–Crippen LogP) is 13.4. The Morgan fingerprint density at radius 2 is 0.899 bits per heavy atom. The molecular formula is C60H101NO8. The Morgan fingerprint density at radius 3 is 1.33 bits per heavy atom. The molecule has 1 aliphatic rings. The van der Waals surface area contributed by atoms with E-state index in [9.17, 15) is 30.3 Å². The van der Waals surface area contributed by atoms with Gasteiger partial charge in [-0.25, -0.2) is 0 Å². The Labute approximate surface area is 421 Å². The lowest BCUT2D eigenvalue weighted by molar-refractivity contribution is -0.302. The van der Waals surface area contributed by atoms with E-state index in [1.54, 1.807) is 6.08 Å². The molecule has 69 heavy (non-hydrogen) atoms. The number of aliphatic hydroxyl groups is 5. The maximum Gasteiger partial charge on any atom is 0.220 e. The number of amides is 1. The summed E-state index contributed by atoms with van der Waals surface area (Å²) in [4.78, 5) is 13.0. The topological polar surface area (TPSA) is 149 Å². The third kappa shape index (κ3) is 38.2. The first-order valence-corrected chi connectivity index (χ1v) is 27.6. The average Bonchev–Trinajstić information content (AvgIpc) is 3.35. The van der Waals surface area contributed by atoms with E-state index >= 15 is 0 Å². The molecule has 0 radical (unpaired) electrons. The molecule has 1 amide bonds. The average molecular weight is 964 g/mol. The Bertz CT molecular complexity index is 1440. The fourth-order valence-electron chi connectivity index (χ4n) is 7.99. The van der Waals surface area contributed by atoms with Crippen LogP contribution in [0.1, 0.15) is 206 Å². The van der Waals surface area contributed by atoms with Crippen molar-refractivity contribution in [1.29, 1.82) is 0 Å². The number of hydrogen-bond acceptors (Lipinski definition) is 8. The van der Waals surface area contributed by atoms with Crippen molar-refractivity contribution >= 4 is 5.91 Å². The number of hydrogen-bond donors (Lipinski definition) is 6. The van der Waals surface area contributed by atoms with Crippen LogP contribution in [0, 0.1) is 0 Å². The van der Waals surface area contributed by atoms with Gasteiger partial charge in [0.25, 0.3) is 0 Å². The summed E-state index contributed by atoms with van der Waals surface area (Å²) in [6, 6.07) is -0.810. The number of aliphatic hydroxyl groups excluding tert-OH is 5. The van der Waals surface area contributed by atoms with Gasteiger partial charge in [-0.05, 0) is 83.5 Å². The minimum Gasteiger partial charge on any atom is -0.394 e. The van der Waals surface area contributed by atoms with Crippen LogP contribution in [-0.4, -0.2) is 87.5 Å². The van der Waals surface area contributed by atoms with Crippen molar-refractivity contribution in [2.75, 3.05) is 13.2 Å². The number of carbonyl (C=O) groups is 1. The second kappa shape index (κ2) is 48.5. The highest BCUT2D eigenvalue weighted by molar-refractivity contribution is 5.76. The van der Waals surface area contributed by atoms with Crippen molar-refractivity contribution in [3.63, 3.8) is 0 Å². The lowest BCUT2D eigenvalue weighted by atomic mass is 9.99. The van der Waals surface area contributed by atoms with Crippen molar-refractivity contribution in [3.8, 4) is 0 Å². The standard InChI is InChI=1S/C60H101NO8/c1-3-5-7-9-11-13-14-15-16-17-18-19-20-21-22-23-24-25-26-27-28-29-30-31-32-33-34-35-36-37-38-39-40-42-44-46-48-50-56(64)61-53(54(63)49-47-45-43-41-12-10-8-6-4-2)52-68-60-59(67)58(66)57(65)55(51-62)69-60/h5,7,11,13,15-16,18-19,21-22,24-25,27-28,30-31,47,49,53-55,57-60,62-63,65-67H,3-4,6,8-10,12,14,17,20,23,26,29,32-46,48,50-52H2,1-2H3,(H,61,64)/b7-5-,13-11-,16-15-,19-18-,22-21-,25-24-,28-27-,31-30-,49-47+. The van der Waals surface area contributed by atoms with E-state index in [-0.39, 0.29) is 12.5 Å². The monoisotopic (exact) mass is 964 g/mol. The molecule has 1 heterocycles. The summed E-state index contributed by atoms with van der Waals surface area (Å²) in [7, 11) is 0. The van der Waals surface area contributed by atoms with Gasteiger partial charge in [-0.2, -0.15) is 0 Å². The molecule has 1 saturated heterocycles. The smallest absolute Gasteiger partial charge is 0.220 e. The number of rotatable bonds is 45. The van der Waals surface area contributed by atoms with Crippen LogP contribution in [0.3, 0.4) is 0 Å². The molecule has 0 bridgehead atoms. The molecule has 0 saturated carbocycles. The summed E-state index contributed by atoms with van der Waals surface area (Å²) in [5.74, 6) is -0.187. The van der Waals surface area contributed by atoms with Crippen molar-refractivity contribution < 1.29 is 39.8 Å². The summed E-state index contributed by atoms with van der Waals surface area (Å²) in [5, 5.41) is 54.2. The Balaban J connectivity index is 2.11. The summed E-state index contributed by atoms with van der Waals surface area (Å²) >= 11 is 0. The molecule has 0 spiro atoms. The maximum absolute atomic E-state index is 13.0. The summed E-state index contributed by atoms with van der Waals surface area (Å²) < 4.78 is 11.2. The van der Waals surface area contributed by atoms with Crippen LogP contribution in [-0.2, 0) is 14.3 Å². The molecule has 7 unspecified atom stereocenters. The summed E-state index contributed by atoms with van der Waals surface area (Å²) in [6.45, 7) is 3.61. The van der Waals surface area contributed by atoms with E-state index in [1.165, 1.54) is 96.3 Å². The van der Waals surface area contributed by atoms with Gasteiger partial charge in [-0.15, -0.1) is 0 Å². The second-order valence-corrected chi connectivity index (χ2v) is 18.6. The first-order chi connectivity index (χ1) is 33.8. The van der Waals surface area contributed by atoms with E-state index in [1.807, 2.05) is 6.08 Å². The van der Waals surface area contributed by atoms with E-state index in [0.29, 0.717) is 6.42 Å². The van der Waals surface area contributed by atoms with Gasteiger partial charge in [-0.1, -0.05) is 226 Å². The van der Waals surface area contributed by atoms with Gasteiger partial charge < -0.3 is 40.3 Å². The molecule has 0 aromatic rings. The number of nitrogens with one attached hydrogen (secondary N) is 1. The molecular weight excluding hydrogens is 863 g/mol. The molecule has 394 valence electrons. The summed E-state index contributed by atoms with van der Waals surface area (Å²) in [6.07, 6.45) is 64.6. The Hall–Kier alpha value is -3.15. The molecule has 6 N–H and O–H groups in total. The SMILES string of the molecule is CC/C=C\C/C=C\C/C=C\C/C=C\C/C=C\C/C=C\C/C=C\C/C=C\CCCCCCCCCCCCCCC(=O)NC(COC1OC(CO)C(O)C(O)C1O)C(O)/C=C/CCCCCCCCC. The zero-order valence-electron chi connectivity index (χ0n) is 43.5. The van der Waals surface area contributed by atoms with Gasteiger partial charge in [-0.3, -0.25) is 4.79 Å². The van der Waals surface area contributed by atoms with Gasteiger partial charge in [0.1, 0.15) is 24.4 Å². The van der Waals surface area contributed by atoms with E-state index in [0.717, 1.165) is 89.9 Å². The summed E-state index contributed by atoms with van der Waals surface area (Å²) in [5.41, 5.74) is 0. The van der Waals surface area contributed by atoms with Crippen LogP contribution in [0.2, 0.25) is 0 Å².